The summed E-state index contributed by atoms with van der Waals surface area (Å²) in [6, 6.07) is 8.82. The second-order valence-electron chi connectivity index (χ2n) is 5.74. The second kappa shape index (κ2) is 5.95. The van der Waals surface area contributed by atoms with Crippen LogP contribution in [0.5, 0.6) is 0 Å². The van der Waals surface area contributed by atoms with Crippen molar-refractivity contribution >= 4 is 33.4 Å². The van der Waals surface area contributed by atoms with Crippen molar-refractivity contribution in [1.82, 2.24) is 4.98 Å². The van der Waals surface area contributed by atoms with Gasteiger partial charge in [0.2, 0.25) is 0 Å². The third-order valence-corrected chi connectivity index (χ3v) is 5.25. The van der Waals surface area contributed by atoms with Gasteiger partial charge in [-0.15, -0.1) is 11.8 Å². The first-order valence-corrected chi connectivity index (χ1v) is 8.60. The van der Waals surface area contributed by atoms with Gasteiger partial charge < -0.3 is 20.1 Å². The van der Waals surface area contributed by atoms with Crippen LogP contribution in [0.25, 0.3) is 10.9 Å². The van der Waals surface area contributed by atoms with Crippen molar-refractivity contribution in [3.8, 4) is 0 Å². The Kier molecular flexibility index (Phi) is 3.82. The van der Waals surface area contributed by atoms with E-state index in [0.717, 1.165) is 47.3 Å². The summed E-state index contributed by atoms with van der Waals surface area (Å²) in [6.45, 7) is 1.72. The van der Waals surface area contributed by atoms with E-state index >= 15 is 0 Å². The van der Waals surface area contributed by atoms with E-state index in [-0.39, 0.29) is 12.6 Å². The molecule has 1 saturated heterocycles. The number of rotatable bonds is 4. The number of aliphatic hydroxyl groups excluding tert-OH is 1. The van der Waals surface area contributed by atoms with Crippen LogP contribution in [0.3, 0.4) is 0 Å². The summed E-state index contributed by atoms with van der Waals surface area (Å²) < 4.78 is 5.43. The van der Waals surface area contributed by atoms with E-state index in [2.05, 4.69) is 39.6 Å². The van der Waals surface area contributed by atoms with E-state index in [1.165, 1.54) is 5.39 Å². The predicted octanol–water partition coefficient (Wildman–Crippen LogP) is 2.22. The van der Waals surface area contributed by atoms with Crippen LogP contribution in [-0.2, 0) is 4.74 Å². The van der Waals surface area contributed by atoms with E-state index < -0.39 is 0 Å². The van der Waals surface area contributed by atoms with E-state index in [9.17, 15) is 5.11 Å². The molecule has 4 rings (SSSR count). The zero-order chi connectivity index (χ0) is 14.9. The van der Waals surface area contributed by atoms with Crippen molar-refractivity contribution in [2.45, 2.75) is 18.5 Å². The zero-order valence-electron chi connectivity index (χ0n) is 12.2. The lowest BCUT2D eigenvalue weighted by Crippen LogP contribution is -2.18. The fourth-order valence-electron chi connectivity index (χ4n) is 2.92. The average molecular weight is 317 g/mol. The fraction of sp³-hybridized carbons (Fsp3) is 0.438. The number of aliphatic hydroxyl groups is 1. The molecule has 1 aromatic heterocycles. The SMILES string of the molecule is OCC1CSC(c2cc3cccc(N[C@@H]4CCOC4)c3[nH]2)=N1. The highest BCUT2D eigenvalue weighted by molar-refractivity contribution is 8.14. The van der Waals surface area contributed by atoms with E-state index in [1.807, 2.05) is 0 Å². The summed E-state index contributed by atoms with van der Waals surface area (Å²) in [7, 11) is 0. The van der Waals surface area contributed by atoms with Crippen LogP contribution in [0, 0.1) is 0 Å². The van der Waals surface area contributed by atoms with Crippen LogP contribution in [-0.4, -0.2) is 52.8 Å². The van der Waals surface area contributed by atoms with Gasteiger partial charge in [-0.25, -0.2) is 0 Å². The van der Waals surface area contributed by atoms with Crippen molar-refractivity contribution in [3.05, 3.63) is 30.0 Å². The van der Waals surface area contributed by atoms with Crippen LogP contribution in [0.15, 0.2) is 29.3 Å². The monoisotopic (exact) mass is 317 g/mol. The minimum absolute atomic E-state index is 0.0274. The molecule has 2 atom stereocenters. The Hall–Kier alpha value is -1.50. The number of anilines is 1. The van der Waals surface area contributed by atoms with Gasteiger partial charge in [0, 0.05) is 17.7 Å². The first kappa shape index (κ1) is 14.1. The van der Waals surface area contributed by atoms with Crippen LogP contribution in [0.4, 0.5) is 5.69 Å². The van der Waals surface area contributed by atoms with Crippen molar-refractivity contribution < 1.29 is 9.84 Å². The molecule has 1 fully saturated rings. The second-order valence-corrected chi connectivity index (χ2v) is 6.75. The Bertz CT molecular complexity index is 706. The highest BCUT2D eigenvalue weighted by Crippen LogP contribution is 2.29. The summed E-state index contributed by atoms with van der Waals surface area (Å²) in [6.07, 6.45) is 1.05. The lowest BCUT2D eigenvalue weighted by Gasteiger charge is -2.12. The molecule has 1 aromatic carbocycles. The number of H-pyrrole nitrogens is 1. The van der Waals surface area contributed by atoms with Gasteiger partial charge in [0.25, 0.3) is 0 Å². The van der Waals surface area contributed by atoms with E-state index in [1.54, 1.807) is 11.8 Å². The summed E-state index contributed by atoms with van der Waals surface area (Å²) in [5.74, 6) is 0.853. The molecule has 0 saturated carbocycles. The number of nitrogens with zero attached hydrogens (tertiary/aromatic N) is 1. The third kappa shape index (κ3) is 2.62. The van der Waals surface area contributed by atoms with Gasteiger partial charge in [-0.2, -0.15) is 0 Å². The number of fused-ring (bicyclic) bond motifs is 1. The Morgan fingerprint density at radius 1 is 1.45 bits per heavy atom. The Morgan fingerprint density at radius 3 is 3.18 bits per heavy atom. The minimum Gasteiger partial charge on any atom is -0.394 e. The van der Waals surface area contributed by atoms with Crippen molar-refractivity contribution in [2.24, 2.45) is 4.99 Å². The molecule has 0 bridgehead atoms. The number of aromatic nitrogens is 1. The molecule has 0 radical (unpaired) electrons. The van der Waals surface area contributed by atoms with Gasteiger partial charge in [-0.1, -0.05) is 12.1 Å². The zero-order valence-corrected chi connectivity index (χ0v) is 13.0. The molecule has 0 amide bonds. The first-order valence-electron chi connectivity index (χ1n) is 7.61. The summed E-state index contributed by atoms with van der Waals surface area (Å²) in [5, 5.41) is 15.0. The topological polar surface area (TPSA) is 69.6 Å². The Balaban J connectivity index is 1.65. The molecule has 22 heavy (non-hydrogen) atoms. The highest BCUT2D eigenvalue weighted by Gasteiger charge is 2.21. The number of ether oxygens (including phenoxy) is 1. The molecule has 3 N–H and O–H groups in total. The molecule has 3 heterocycles. The molecule has 2 aromatic rings. The van der Waals surface area contributed by atoms with Gasteiger partial charge in [-0.05, 0) is 18.6 Å². The van der Waals surface area contributed by atoms with Gasteiger partial charge in [-0.3, -0.25) is 4.99 Å². The molecule has 5 nitrogen and oxygen atoms in total. The molecular formula is C16H19N3O2S. The lowest BCUT2D eigenvalue weighted by molar-refractivity contribution is 0.195. The van der Waals surface area contributed by atoms with Gasteiger partial charge in [0.1, 0.15) is 5.04 Å². The maximum Gasteiger partial charge on any atom is 0.115 e. The summed E-state index contributed by atoms with van der Waals surface area (Å²) in [4.78, 5) is 8.05. The number of aromatic amines is 1. The number of nitrogens with one attached hydrogen (secondary N) is 2. The van der Waals surface area contributed by atoms with Gasteiger partial charge in [0.05, 0.1) is 42.2 Å². The number of para-hydroxylation sites is 1. The Morgan fingerprint density at radius 2 is 2.41 bits per heavy atom. The largest absolute Gasteiger partial charge is 0.394 e. The van der Waals surface area contributed by atoms with Crippen molar-refractivity contribution in [3.63, 3.8) is 0 Å². The quantitative estimate of drug-likeness (QED) is 0.809. The number of thioether (sulfide) groups is 1. The minimum atomic E-state index is 0.0274. The molecule has 0 aliphatic carbocycles. The summed E-state index contributed by atoms with van der Waals surface area (Å²) in [5.41, 5.74) is 3.26. The lowest BCUT2D eigenvalue weighted by atomic mass is 10.2. The van der Waals surface area contributed by atoms with Crippen molar-refractivity contribution in [1.29, 1.82) is 0 Å². The molecule has 2 aliphatic heterocycles. The fourth-order valence-corrected chi connectivity index (χ4v) is 3.94. The normalized spacial score (nSPS) is 24.9. The van der Waals surface area contributed by atoms with Crippen molar-refractivity contribution in [2.75, 3.05) is 30.9 Å². The molecular weight excluding hydrogens is 298 g/mol. The third-order valence-electron chi connectivity index (χ3n) is 4.10. The molecule has 6 heteroatoms. The standard InChI is InChI=1S/C16H19N3O2S/c20-7-12-9-22-16(18-12)14-6-10-2-1-3-13(15(10)19-14)17-11-4-5-21-8-11/h1-3,6,11-12,17,19-20H,4-5,7-9H2/t11-,12?/m1/s1. The predicted molar refractivity (Wildman–Crippen MR) is 91.0 cm³/mol. The van der Waals surface area contributed by atoms with E-state index in [4.69, 9.17) is 4.74 Å². The maximum absolute atomic E-state index is 9.22. The molecule has 2 aliphatic rings. The van der Waals surface area contributed by atoms with Gasteiger partial charge >= 0.3 is 0 Å². The number of hydrogen-bond donors (Lipinski definition) is 3. The molecule has 0 spiro atoms. The van der Waals surface area contributed by atoms with E-state index in [0.29, 0.717) is 6.04 Å². The van der Waals surface area contributed by atoms with Crippen LogP contribution >= 0.6 is 11.8 Å². The van der Waals surface area contributed by atoms with Crippen LogP contribution < -0.4 is 5.32 Å². The first-order chi connectivity index (χ1) is 10.8. The maximum atomic E-state index is 9.22. The number of aliphatic imine (C=N–C) groups is 1. The number of hydrogen-bond acceptors (Lipinski definition) is 5. The summed E-state index contributed by atoms with van der Waals surface area (Å²) >= 11 is 1.70. The number of benzene rings is 1. The van der Waals surface area contributed by atoms with Crippen LogP contribution in [0.2, 0.25) is 0 Å². The Labute approximate surface area is 133 Å². The highest BCUT2D eigenvalue weighted by atomic mass is 32.2. The average Bonchev–Trinajstić information content (AvgIpc) is 3.27. The van der Waals surface area contributed by atoms with Crippen LogP contribution in [0.1, 0.15) is 12.1 Å². The molecule has 116 valence electrons. The molecule has 1 unspecified atom stereocenters. The smallest absolute Gasteiger partial charge is 0.115 e. The van der Waals surface area contributed by atoms with Gasteiger partial charge in [0.15, 0.2) is 0 Å².